The number of nitrogens with one attached hydrogen (secondary N) is 2. The minimum Gasteiger partial charge on any atom is -0.506 e. The Bertz CT molecular complexity index is 2020. The number of phenolic OH excluding ortho intramolecular Hbond substituents is 1. The summed E-state index contributed by atoms with van der Waals surface area (Å²) in [5.41, 5.74) is 4.37. The van der Waals surface area contributed by atoms with Gasteiger partial charge in [-0.05, 0) is 84.5 Å². The summed E-state index contributed by atoms with van der Waals surface area (Å²) in [6.45, 7) is 12.2. The molecule has 12 nitrogen and oxygen atoms in total. The molecule has 2 saturated heterocycles. The number of carbonyl (C=O) groups is 1. The van der Waals surface area contributed by atoms with Gasteiger partial charge in [-0.3, -0.25) is 14.5 Å². The second-order valence-electron chi connectivity index (χ2n) is 16.8. The molecule has 2 aliphatic heterocycles. The number of amides is 1. The number of aliphatic hydroxyl groups is 1. The molecule has 4 heterocycles. The van der Waals surface area contributed by atoms with Crippen LogP contribution in [0.4, 0.5) is 5.82 Å². The maximum Gasteiger partial charge on any atom is 0.248 e. The third kappa shape index (κ3) is 10.6. The van der Waals surface area contributed by atoms with Gasteiger partial charge >= 0.3 is 0 Å². The highest BCUT2D eigenvalue weighted by atomic mass is 16.5. The number of morpholine rings is 1. The van der Waals surface area contributed by atoms with E-state index in [2.05, 4.69) is 70.3 Å². The molecular weight excluding hydrogens is 733 g/mol. The van der Waals surface area contributed by atoms with Gasteiger partial charge < -0.3 is 39.8 Å². The molecule has 4 N–H and O–H groups in total. The summed E-state index contributed by atoms with van der Waals surface area (Å²) in [7, 11) is 0. The van der Waals surface area contributed by atoms with Crippen molar-refractivity contribution in [2.24, 2.45) is 0 Å². The molecule has 58 heavy (non-hydrogen) atoms. The molecule has 1 unspecified atom stereocenters. The molecule has 0 bridgehead atoms. The molecule has 4 aromatic rings. The van der Waals surface area contributed by atoms with E-state index in [-0.39, 0.29) is 35.4 Å². The first kappa shape index (κ1) is 41.8. The number of aliphatic hydroxyl groups excluding tert-OH is 1. The number of pyridine rings is 2. The SMILES string of the molecule is CC(C)c1ccnc(N2CCOC3(CCN(Cc4cccc(CCOCCC(=O)N(CCNCC(O)c5ccc(O)c6[nH]c(=O)ccc56)C5CCCC5)c4)CC3)C2)c1. The van der Waals surface area contributed by atoms with Crippen LogP contribution in [-0.4, -0.2) is 113 Å². The number of hydrogen-bond acceptors (Lipinski definition) is 10. The first-order valence-electron chi connectivity index (χ1n) is 21.4. The fourth-order valence-electron chi connectivity index (χ4n) is 8.99. The smallest absolute Gasteiger partial charge is 0.248 e. The van der Waals surface area contributed by atoms with E-state index >= 15 is 0 Å². The van der Waals surface area contributed by atoms with Crippen LogP contribution < -0.4 is 15.8 Å². The van der Waals surface area contributed by atoms with E-state index < -0.39 is 6.10 Å². The Morgan fingerprint density at radius 2 is 1.86 bits per heavy atom. The first-order valence-corrected chi connectivity index (χ1v) is 21.4. The number of ether oxygens (including phenoxy) is 2. The molecule has 1 atom stereocenters. The van der Waals surface area contributed by atoms with Crippen molar-refractivity contribution in [2.45, 2.75) is 95.4 Å². The third-order valence-electron chi connectivity index (χ3n) is 12.4. The lowest BCUT2D eigenvalue weighted by atomic mass is 9.89. The number of fused-ring (bicyclic) bond motifs is 1. The van der Waals surface area contributed by atoms with Gasteiger partial charge in [-0.1, -0.05) is 57.0 Å². The van der Waals surface area contributed by atoms with Crippen LogP contribution >= 0.6 is 0 Å². The fraction of sp³-hybridized carbons (Fsp3) is 0.543. The first-order chi connectivity index (χ1) is 28.2. The van der Waals surface area contributed by atoms with Crippen molar-refractivity contribution >= 4 is 22.6 Å². The Morgan fingerprint density at radius 1 is 1.05 bits per heavy atom. The van der Waals surface area contributed by atoms with E-state index in [9.17, 15) is 19.8 Å². The van der Waals surface area contributed by atoms with Crippen molar-refractivity contribution in [3.05, 3.63) is 99.5 Å². The molecule has 1 amide bonds. The Hall–Kier alpha value is -4.33. The van der Waals surface area contributed by atoms with E-state index in [1.165, 1.54) is 28.8 Å². The van der Waals surface area contributed by atoms with Crippen molar-refractivity contribution in [3.63, 3.8) is 0 Å². The molecule has 3 fully saturated rings. The van der Waals surface area contributed by atoms with Gasteiger partial charge in [0.25, 0.3) is 0 Å². The number of phenols is 1. The molecule has 12 heteroatoms. The number of benzene rings is 2. The number of aromatic nitrogens is 2. The summed E-state index contributed by atoms with van der Waals surface area (Å²) in [5.74, 6) is 1.61. The summed E-state index contributed by atoms with van der Waals surface area (Å²) < 4.78 is 12.5. The minimum atomic E-state index is -0.851. The number of likely N-dealkylation sites (tertiary alicyclic amines) is 1. The Labute approximate surface area is 342 Å². The number of anilines is 1. The van der Waals surface area contributed by atoms with Crippen molar-refractivity contribution in [1.82, 2.24) is 25.1 Å². The predicted molar refractivity (Wildman–Crippen MR) is 227 cm³/mol. The van der Waals surface area contributed by atoms with Crippen LogP contribution in [0.5, 0.6) is 5.75 Å². The molecule has 1 aliphatic carbocycles. The van der Waals surface area contributed by atoms with Crippen LogP contribution in [0.2, 0.25) is 0 Å². The van der Waals surface area contributed by atoms with Crippen molar-refractivity contribution in [2.75, 3.05) is 70.5 Å². The average molecular weight is 795 g/mol. The van der Waals surface area contributed by atoms with Crippen LogP contribution in [-0.2, 0) is 27.2 Å². The van der Waals surface area contributed by atoms with E-state index in [1.54, 1.807) is 12.1 Å². The standard InChI is InChI=1S/C46H62N6O6/c1-33(2)36-14-19-48-42(29-36)51-24-27-58-46(32-51)17-21-50(22-18-46)31-35-7-5-6-34(28-35)15-25-57-26-16-44(56)52(37-8-3-4-9-37)23-20-47-30-41(54)38-10-12-40(53)45-39(38)11-13-43(55)49-45/h5-7,10-14,19,28-29,33,37,41,47,53-54H,3-4,8-9,15-18,20-27,30-32H2,1-2H3,(H,49,55). The summed E-state index contributed by atoms with van der Waals surface area (Å²) in [6.07, 6.45) is 8.54. The summed E-state index contributed by atoms with van der Waals surface area (Å²) in [5, 5.41) is 25.1. The quantitative estimate of drug-likeness (QED) is 0.0989. The number of carbonyl (C=O) groups excluding carboxylic acids is 1. The fourth-order valence-corrected chi connectivity index (χ4v) is 8.99. The molecule has 0 radical (unpaired) electrons. The van der Waals surface area contributed by atoms with Crippen LogP contribution in [0.3, 0.4) is 0 Å². The van der Waals surface area contributed by atoms with Gasteiger partial charge in [0.15, 0.2) is 0 Å². The van der Waals surface area contributed by atoms with E-state index in [0.29, 0.717) is 55.1 Å². The zero-order valence-corrected chi connectivity index (χ0v) is 34.3. The lowest BCUT2D eigenvalue weighted by molar-refractivity contribution is -0.134. The zero-order chi connectivity index (χ0) is 40.5. The van der Waals surface area contributed by atoms with Gasteiger partial charge in [0.1, 0.15) is 11.6 Å². The number of aromatic amines is 1. The second kappa shape index (κ2) is 19.6. The molecule has 2 aromatic heterocycles. The largest absolute Gasteiger partial charge is 0.506 e. The monoisotopic (exact) mass is 794 g/mol. The van der Waals surface area contributed by atoms with Gasteiger partial charge in [0.05, 0.1) is 43.5 Å². The second-order valence-corrected chi connectivity index (χ2v) is 16.8. The number of piperidine rings is 1. The van der Waals surface area contributed by atoms with Crippen molar-refractivity contribution in [1.29, 1.82) is 0 Å². The maximum atomic E-state index is 13.5. The van der Waals surface area contributed by atoms with Crippen LogP contribution in [0.15, 0.2) is 71.7 Å². The lowest BCUT2D eigenvalue weighted by Gasteiger charge is -2.47. The normalized spacial score (nSPS) is 18.0. The highest BCUT2D eigenvalue weighted by molar-refractivity contribution is 5.87. The van der Waals surface area contributed by atoms with E-state index in [1.807, 2.05) is 11.1 Å². The molecule has 1 spiro atoms. The molecule has 2 aromatic carbocycles. The number of H-pyrrole nitrogens is 1. The molecule has 312 valence electrons. The average Bonchev–Trinajstić information content (AvgIpc) is 3.77. The lowest BCUT2D eigenvalue weighted by Crippen LogP contribution is -2.57. The minimum absolute atomic E-state index is 0.0390. The zero-order valence-electron chi connectivity index (χ0n) is 34.3. The van der Waals surface area contributed by atoms with Gasteiger partial charge in [-0.25, -0.2) is 4.98 Å². The number of aromatic hydroxyl groups is 1. The molecule has 3 aliphatic rings. The van der Waals surface area contributed by atoms with E-state index in [0.717, 1.165) is 90.1 Å². The van der Waals surface area contributed by atoms with Crippen molar-refractivity contribution in [3.8, 4) is 5.75 Å². The third-order valence-corrected chi connectivity index (χ3v) is 12.4. The Kier molecular flexibility index (Phi) is 14.1. The van der Waals surface area contributed by atoms with Crippen LogP contribution in [0.1, 0.15) is 93.1 Å². The number of rotatable bonds is 17. The van der Waals surface area contributed by atoms with Crippen LogP contribution in [0, 0.1) is 0 Å². The topological polar surface area (TPSA) is 143 Å². The number of nitrogens with zero attached hydrogens (tertiary/aromatic N) is 4. The van der Waals surface area contributed by atoms with Gasteiger partial charge in [-0.15, -0.1) is 0 Å². The highest BCUT2D eigenvalue weighted by Crippen LogP contribution is 2.33. The van der Waals surface area contributed by atoms with E-state index in [4.69, 9.17) is 14.5 Å². The summed E-state index contributed by atoms with van der Waals surface area (Å²) in [6, 6.07) is 19.6. The highest BCUT2D eigenvalue weighted by Gasteiger charge is 2.40. The van der Waals surface area contributed by atoms with Crippen LogP contribution in [0.25, 0.3) is 10.9 Å². The summed E-state index contributed by atoms with van der Waals surface area (Å²) in [4.78, 5) is 39.6. The Morgan fingerprint density at radius 3 is 2.67 bits per heavy atom. The number of hydrogen-bond donors (Lipinski definition) is 4. The molecular formula is C46H62N6O6. The van der Waals surface area contributed by atoms with Crippen molar-refractivity contribution < 1.29 is 24.5 Å². The molecule has 7 rings (SSSR count). The van der Waals surface area contributed by atoms with Gasteiger partial charge in [0.2, 0.25) is 11.5 Å². The molecule has 1 saturated carbocycles. The van der Waals surface area contributed by atoms with Gasteiger partial charge in [0, 0.05) is 76.0 Å². The maximum absolute atomic E-state index is 13.5. The van der Waals surface area contributed by atoms with Gasteiger partial charge in [-0.2, -0.15) is 0 Å². The Balaban J connectivity index is 0.820. The predicted octanol–water partition coefficient (Wildman–Crippen LogP) is 5.67. The summed E-state index contributed by atoms with van der Waals surface area (Å²) >= 11 is 0.